The lowest BCUT2D eigenvalue weighted by Gasteiger charge is -2.32. The van der Waals surface area contributed by atoms with E-state index in [2.05, 4.69) is 12.2 Å². The molecule has 0 aromatic carbocycles. The number of hydrogen-bond donors (Lipinski definition) is 2. The van der Waals surface area contributed by atoms with E-state index >= 15 is 0 Å². The molecule has 0 aliphatic rings. The molecule has 2 N–H and O–H groups in total. The molecule has 0 heterocycles. The number of amides is 1. The molecule has 2 unspecified atom stereocenters. The molecule has 5 nitrogen and oxygen atoms in total. The third-order valence-corrected chi connectivity index (χ3v) is 3.23. The van der Waals surface area contributed by atoms with Crippen LogP contribution in [0.2, 0.25) is 0 Å². The van der Waals surface area contributed by atoms with Gasteiger partial charge in [-0.3, -0.25) is 14.5 Å². The zero-order chi connectivity index (χ0) is 15.0. The van der Waals surface area contributed by atoms with Crippen molar-refractivity contribution >= 4 is 11.9 Å². The quantitative estimate of drug-likeness (QED) is 0.672. The van der Waals surface area contributed by atoms with Crippen LogP contribution in [0, 0.1) is 0 Å². The highest BCUT2D eigenvalue weighted by molar-refractivity contribution is 5.81. The third kappa shape index (κ3) is 7.15. The van der Waals surface area contributed by atoms with Gasteiger partial charge in [0.05, 0.1) is 12.5 Å². The van der Waals surface area contributed by atoms with Gasteiger partial charge in [0.15, 0.2) is 0 Å². The Morgan fingerprint density at radius 1 is 1.21 bits per heavy atom. The fraction of sp³-hybridized carbons (Fsp3) is 0.857. The predicted octanol–water partition coefficient (Wildman–Crippen LogP) is 1.86. The molecular weight excluding hydrogens is 244 g/mol. The van der Waals surface area contributed by atoms with E-state index in [1.54, 1.807) is 0 Å². The molecule has 0 rings (SSSR count). The number of nitrogens with zero attached hydrogens (tertiary/aromatic N) is 1. The molecule has 1 amide bonds. The molecule has 19 heavy (non-hydrogen) atoms. The Morgan fingerprint density at radius 3 is 2.21 bits per heavy atom. The van der Waals surface area contributed by atoms with Gasteiger partial charge in [-0.05, 0) is 34.1 Å². The number of carboxylic acids is 1. The van der Waals surface area contributed by atoms with E-state index in [0.29, 0.717) is 6.54 Å². The molecule has 0 saturated carbocycles. The number of carbonyl (C=O) groups is 2. The van der Waals surface area contributed by atoms with Crippen LogP contribution in [-0.4, -0.2) is 46.6 Å². The first-order chi connectivity index (χ1) is 8.79. The van der Waals surface area contributed by atoms with Gasteiger partial charge in [-0.1, -0.05) is 13.3 Å². The van der Waals surface area contributed by atoms with Gasteiger partial charge in [0.1, 0.15) is 0 Å². The summed E-state index contributed by atoms with van der Waals surface area (Å²) in [4.78, 5) is 24.7. The third-order valence-electron chi connectivity index (χ3n) is 3.23. The number of rotatable bonds is 9. The van der Waals surface area contributed by atoms with Crippen LogP contribution in [-0.2, 0) is 9.59 Å². The summed E-state index contributed by atoms with van der Waals surface area (Å²) in [5.74, 6) is -0.863. The van der Waals surface area contributed by atoms with Crippen LogP contribution in [0.5, 0.6) is 0 Å². The fourth-order valence-corrected chi connectivity index (χ4v) is 2.14. The number of carboxylic acid groups (broad SMARTS) is 1. The van der Waals surface area contributed by atoms with Crippen LogP contribution in [0.25, 0.3) is 0 Å². The first-order valence-electron chi connectivity index (χ1n) is 7.07. The molecule has 5 heteroatoms. The summed E-state index contributed by atoms with van der Waals surface area (Å²) in [5.41, 5.74) is 0. The zero-order valence-corrected chi connectivity index (χ0v) is 12.8. The lowest BCUT2D eigenvalue weighted by Crippen LogP contribution is -2.50. The smallest absolute Gasteiger partial charge is 0.304 e. The molecule has 112 valence electrons. The van der Waals surface area contributed by atoms with Crippen LogP contribution in [0.4, 0.5) is 0 Å². The molecule has 0 fully saturated rings. The largest absolute Gasteiger partial charge is 0.481 e. The summed E-state index contributed by atoms with van der Waals surface area (Å²) in [6.45, 7) is 10.2. The Bertz CT molecular complexity index is 292. The van der Waals surface area contributed by atoms with Gasteiger partial charge in [0.25, 0.3) is 0 Å². The molecule has 0 aromatic heterocycles. The molecule has 0 radical (unpaired) electrons. The minimum Gasteiger partial charge on any atom is -0.481 e. The van der Waals surface area contributed by atoms with Crippen molar-refractivity contribution in [1.29, 1.82) is 0 Å². The van der Waals surface area contributed by atoms with Crippen LogP contribution < -0.4 is 5.32 Å². The van der Waals surface area contributed by atoms with Gasteiger partial charge in [-0.2, -0.15) is 0 Å². The van der Waals surface area contributed by atoms with Crippen molar-refractivity contribution < 1.29 is 14.7 Å². The van der Waals surface area contributed by atoms with Gasteiger partial charge < -0.3 is 10.4 Å². The van der Waals surface area contributed by atoms with E-state index in [1.807, 2.05) is 32.6 Å². The first kappa shape index (κ1) is 17.9. The van der Waals surface area contributed by atoms with E-state index in [0.717, 1.165) is 12.8 Å². The Morgan fingerprint density at radius 2 is 1.79 bits per heavy atom. The molecule has 0 saturated heterocycles. The molecule has 0 aromatic rings. The second-order valence-corrected chi connectivity index (χ2v) is 5.35. The van der Waals surface area contributed by atoms with Gasteiger partial charge in [0, 0.05) is 18.6 Å². The Balaban J connectivity index is 4.48. The fourth-order valence-electron chi connectivity index (χ4n) is 2.14. The Hall–Kier alpha value is -1.10. The lowest BCUT2D eigenvalue weighted by atomic mass is 10.1. The van der Waals surface area contributed by atoms with E-state index in [4.69, 9.17) is 5.11 Å². The highest BCUT2D eigenvalue weighted by Crippen LogP contribution is 2.08. The minimum atomic E-state index is -0.836. The summed E-state index contributed by atoms with van der Waals surface area (Å²) in [5, 5.41) is 11.7. The normalized spacial score (nSPS) is 14.5. The highest BCUT2D eigenvalue weighted by Gasteiger charge is 2.24. The number of nitrogens with one attached hydrogen (secondary N) is 1. The van der Waals surface area contributed by atoms with E-state index < -0.39 is 5.97 Å². The average Bonchev–Trinajstić information content (AvgIpc) is 2.28. The van der Waals surface area contributed by atoms with Crippen LogP contribution in [0.3, 0.4) is 0 Å². The van der Waals surface area contributed by atoms with Gasteiger partial charge >= 0.3 is 5.97 Å². The second-order valence-electron chi connectivity index (χ2n) is 5.35. The Labute approximate surface area is 116 Å². The van der Waals surface area contributed by atoms with Crippen molar-refractivity contribution in [2.45, 2.75) is 72.0 Å². The maximum absolute atomic E-state index is 12.1. The first-order valence-corrected chi connectivity index (χ1v) is 7.07. The summed E-state index contributed by atoms with van der Waals surface area (Å²) < 4.78 is 0. The summed E-state index contributed by atoms with van der Waals surface area (Å²) in [6, 6.07) is -0.00586. The van der Waals surface area contributed by atoms with Crippen molar-refractivity contribution in [3.8, 4) is 0 Å². The van der Waals surface area contributed by atoms with Crippen LogP contribution in [0.1, 0.15) is 53.9 Å². The van der Waals surface area contributed by atoms with Gasteiger partial charge in [-0.15, -0.1) is 0 Å². The topological polar surface area (TPSA) is 69.6 Å². The van der Waals surface area contributed by atoms with Crippen molar-refractivity contribution in [2.24, 2.45) is 0 Å². The molecule has 0 aliphatic heterocycles. The number of hydrogen-bond acceptors (Lipinski definition) is 3. The minimum absolute atomic E-state index is 0.0277. The Kier molecular flexibility index (Phi) is 8.39. The highest BCUT2D eigenvalue weighted by atomic mass is 16.4. The van der Waals surface area contributed by atoms with Crippen molar-refractivity contribution in [3.63, 3.8) is 0 Å². The summed E-state index contributed by atoms with van der Waals surface area (Å²) in [6.07, 6.45) is 2.04. The standard InChI is InChI=1S/C14H28N2O3/c1-6-7-11(4)15-14(19)12(5)16(10(2)3)9-8-13(17)18/h10-12H,6-9H2,1-5H3,(H,15,19)(H,17,18). The summed E-state index contributed by atoms with van der Waals surface area (Å²) in [7, 11) is 0. The predicted molar refractivity (Wildman–Crippen MR) is 76.1 cm³/mol. The molecule has 2 atom stereocenters. The average molecular weight is 272 g/mol. The van der Waals surface area contributed by atoms with E-state index in [9.17, 15) is 9.59 Å². The number of aliphatic carboxylic acids is 1. The van der Waals surface area contributed by atoms with Gasteiger partial charge in [-0.25, -0.2) is 0 Å². The van der Waals surface area contributed by atoms with Crippen LogP contribution in [0.15, 0.2) is 0 Å². The summed E-state index contributed by atoms with van der Waals surface area (Å²) >= 11 is 0. The van der Waals surface area contributed by atoms with Crippen molar-refractivity contribution in [3.05, 3.63) is 0 Å². The maximum Gasteiger partial charge on any atom is 0.304 e. The molecule has 0 bridgehead atoms. The van der Waals surface area contributed by atoms with Gasteiger partial charge in [0.2, 0.25) is 5.91 Å². The van der Waals surface area contributed by atoms with E-state index in [1.165, 1.54) is 0 Å². The monoisotopic (exact) mass is 272 g/mol. The zero-order valence-electron chi connectivity index (χ0n) is 12.8. The van der Waals surface area contributed by atoms with E-state index in [-0.39, 0.29) is 30.5 Å². The molecule has 0 aliphatic carbocycles. The SMILES string of the molecule is CCCC(C)NC(=O)C(C)N(CCC(=O)O)C(C)C. The maximum atomic E-state index is 12.1. The molecular formula is C14H28N2O3. The lowest BCUT2D eigenvalue weighted by molar-refractivity contribution is -0.138. The second kappa shape index (κ2) is 8.91. The van der Waals surface area contributed by atoms with Crippen LogP contribution >= 0.6 is 0 Å². The molecule has 0 spiro atoms. The number of carbonyl (C=O) groups excluding carboxylic acids is 1. The van der Waals surface area contributed by atoms with Crippen molar-refractivity contribution in [2.75, 3.05) is 6.54 Å². The van der Waals surface area contributed by atoms with Crippen molar-refractivity contribution in [1.82, 2.24) is 10.2 Å².